The predicted molar refractivity (Wildman–Crippen MR) is 96.5 cm³/mol. The summed E-state index contributed by atoms with van der Waals surface area (Å²) in [6, 6.07) is 4.23. The van der Waals surface area contributed by atoms with Gasteiger partial charge in [0.2, 0.25) is 0 Å². The van der Waals surface area contributed by atoms with Gasteiger partial charge in [-0.05, 0) is 18.0 Å². The number of alkyl halides is 3. The van der Waals surface area contributed by atoms with Crippen molar-refractivity contribution < 1.29 is 23.1 Å². The first-order chi connectivity index (χ1) is 12.3. The van der Waals surface area contributed by atoms with Crippen LogP contribution in [0.5, 0.6) is 0 Å². The van der Waals surface area contributed by atoms with Crippen LogP contribution in [0.1, 0.15) is 12.6 Å². The van der Waals surface area contributed by atoms with Gasteiger partial charge in [0.15, 0.2) is 0 Å². The monoisotopic (exact) mass is 407 g/mol. The summed E-state index contributed by atoms with van der Waals surface area (Å²) in [4.78, 5) is 20.0. The van der Waals surface area contributed by atoms with Crippen molar-refractivity contribution in [3.63, 3.8) is 0 Å². The molecule has 1 saturated heterocycles. The van der Waals surface area contributed by atoms with Crippen molar-refractivity contribution in [2.24, 2.45) is 0 Å². The fraction of sp³-hybridized carbons (Fsp3) is 0.500. The number of aromatic nitrogens is 1. The highest BCUT2D eigenvalue weighted by molar-refractivity contribution is 7.20. The molecular formula is C16H20F3N3O2S2. The standard InChI is InChI=1S/C14H19N3S2.C2HF3O2/c1-2-16-5-7-17(8-6-16)10-12-11-19-14(15-12)13-4-3-9-18-13;3-2(4,5)1(6)7/h3-4,9,11H,2,5-8,10H2,1H3;(H,6,7). The predicted octanol–water partition coefficient (Wildman–Crippen LogP) is 3.64. The van der Waals surface area contributed by atoms with Crippen LogP contribution >= 0.6 is 22.7 Å². The molecule has 1 aliphatic rings. The van der Waals surface area contributed by atoms with Crippen LogP contribution in [-0.4, -0.2) is 64.8 Å². The third kappa shape index (κ3) is 6.35. The van der Waals surface area contributed by atoms with Crippen molar-refractivity contribution in [1.29, 1.82) is 0 Å². The lowest BCUT2D eigenvalue weighted by molar-refractivity contribution is -0.192. The summed E-state index contributed by atoms with van der Waals surface area (Å²) < 4.78 is 31.7. The van der Waals surface area contributed by atoms with E-state index < -0.39 is 12.1 Å². The van der Waals surface area contributed by atoms with E-state index in [2.05, 4.69) is 39.6 Å². The number of rotatable bonds is 4. The number of carboxylic acids is 1. The molecule has 0 bridgehead atoms. The molecule has 5 nitrogen and oxygen atoms in total. The maximum Gasteiger partial charge on any atom is 0.490 e. The third-order valence-electron chi connectivity index (χ3n) is 3.82. The fourth-order valence-corrected chi connectivity index (χ4v) is 4.01. The molecule has 144 valence electrons. The Morgan fingerprint density at radius 3 is 2.35 bits per heavy atom. The minimum absolute atomic E-state index is 0.999. The fourth-order valence-electron chi connectivity index (χ4n) is 2.39. The molecule has 0 amide bonds. The van der Waals surface area contributed by atoms with E-state index in [0.717, 1.165) is 11.6 Å². The van der Waals surface area contributed by atoms with E-state index in [-0.39, 0.29) is 0 Å². The molecule has 0 radical (unpaired) electrons. The lowest BCUT2D eigenvalue weighted by Crippen LogP contribution is -2.45. The van der Waals surface area contributed by atoms with Gasteiger partial charge in [0.25, 0.3) is 0 Å². The average molecular weight is 407 g/mol. The van der Waals surface area contributed by atoms with Crippen LogP contribution in [0, 0.1) is 0 Å². The van der Waals surface area contributed by atoms with Gasteiger partial charge in [-0.25, -0.2) is 9.78 Å². The van der Waals surface area contributed by atoms with Crippen LogP contribution in [0.2, 0.25) is 0 Å². The number of aliphatic carboxylic acids is 1. The number of hydrogen-bond donors (Lipinski definition) is 1. The van der Waals surface area contributed by atoms with E-state index in [0.29, 0.717) is 0 Å². The summed E-state index contributed by atoms with van der Waals surface area (Å²) in [6.07, 6.45) is -5.08. The Hall–Kier alpha value is -1.49. The second-order valence-corrected chi connectivity index (χ2v) is 7.44. The molecule has 10 heteroatoms. The van der Waals surface area contributed by atoms with Crippen LogP contribution in [0.25, 0.3) is 9.88 Å². The van der Waals surface area contributed by atoms with Crippen molar-refractivity contribution in [2.45, 2.75) is 19.6 Å². The Bertz CT molecular complexity index is 681. The van der Waals surface area contributed by atoms with E-state index in [9.17, 15) is 13.2 Å². The number of thiophene rings is 1. The van der Waals surface area contributed by atoms with Crippen LogP contribution in [0.4, 0.5) is 13.2 Å². The van der Waals surface area contributed by atoms with Crippen LogP contribution in [0.15, 0.2) is 22.9 Å². The van der Waals surface area contributed by atoms with Gasteiger partial charge >= 0.3 is 12.1 Å². The van der Waals surface area contributed by atoms with Gasteiger partial charge < -0.3 is 10.0 Å². The molecular weight excluding hydrogens is 387 g/mol. The van der Waals surface area contributed by atoms with Gasteiger partial charge in [0.1, 0.15) is 5.01 Å². The highest BCUT2D eigenvalue weighted by atomic mass is 32.1. The van der Waals surface area contributed by atoms with E-state index in [1.165, 1.54) is 43.3 Å². The molecule has 0 saturated carbocycles. The first-order valence-corrected chi connectivity index (χ1v) is 9.78. The van der Waals surface area contributed by atoms with Gasteiger partial charge in [-0.15, -0.1) is 22.7 Å². The van der Waals surface area contributed by atoms with E-state index in [1.54, 1.807) is 22.7 Å². The number of thiazole rings is 1. The Morgan fingerprint density at radius 1 is 1.23 bits per heavy atom. The Morgan fingerprint density at radius 2 is 1.85 bits per heavy atom. The van der Waals surface area contributed by atoms with Crippen LogP contribution < -0.4 is 0 Å². The molecule has 0 aromatic carbocycles. The molecule has 1 aliphatic heterocycles. The molecule has 0 unspecified atom stereocenters. The topological polar surface area (TPSA) is 56.7 Å². The zero-order valence-corrected chi connectivity index (χ0v) is 15.8. The number of carbonyl (C=O) groups is 1. The van der Waals surface area contributed by atoms with Gasteiger partial charge in [-0.1, -0.05) is 13.0 Å². The number of hydrogen-bond acceptors (Lipinski definition) is 6. The minimum atomic E-state index is -5.08. The second kappa shape index (κ2) is 9.45. The van der Waals surface area contributed by atoms with Gasteiger partial charge in [-0.2, -0.15) is 13.2 Å². The average Bonchev–Trinajstić information content (AvgIpc) is 3.26. The van der Waals surface area contributed by atoms with Crippen molar-refractivity contribution in [3.8, 4) is 9.88 Å². The number of likely N-dealkylation sites (N-methyl/N-ethyl adjacent to an activating group) is 1. The molecule has 3 heterocycles. The van der Waals surface area contributed by atoms with Crippen LogP contribution in [0.3, 0.4) is 0 Å². The summed E-state index contributed by atoms with van der Waals surface area (Å²) in [5.41, 5.74) is 1.22. The van der Waals surface area contributed by atoms with Crippen molar-refractivity contribution >= 4 is 28.6 Å². The summed E-state index contributed by atoms with van der Waals surface area (Å²) in [7, 11) is 0. The smallest absolute Gasteiger partial charge is 0.475 e. The highest BCUT2D eigenvalue weighted by Crippen LogP contribution is 2.28. The van der Waals surface area contributed by atoms with E-state index in [1.807, 2.05) is 0 Å². The molecule has 1 fully saturated rings. The largest absolute Gasteiger partial charge is 0.490 e. The highest BCUT2D eigenvalue weighted by Gasteiger charge is 2.38. The second-order valence-electron chi connectivity index (χ2n) is 5.63. The third-order valence-corrected chi connectivity index (χ3v) is 5.75. The number of nitrogens with zero attached hydrogens (tertiary/aromatic N) is 3. The number of halogens is 3. The summed E-state index contributed by atoms with van der Waals surface area (Å²) in [5.74, 6) is -2.76. The maximum atomic E-state index is 10.6. The lowest BCUT2D eigenvalue weighted by atomic mass is 10.3. The zero-order chi connectivity index (χ0) is 19.2. The first kappa shape index (κ1) is 20.8. The van der Waals surface area contributed by atoms with Crippen molar-refractivity contribution in [1.82, 2.24) is 14.8 Å². The summed E-state index contributed by atoms with van der Waals surface area (Å²) >= 11 is 3.53. The van der Waals surface area contributed by atoms with Gasteiger partial charge in [0.05, 0.1) is 10.6 Å². The molecule has 3 rings (SSSR count). The minimum Gasteiger partial charge on any atom is -0.475 e. The Kier molecular flexibility index (Phi) is 7.56. The maximum absolute atomic E-state index is 10.6. The van der Waals surface area contributed by atoms with E-state index >= 15 is 0 Å². The quantitative estimate of drug-likeness (QED) is 0.839. The first-order valence-electron chi connectivity index (χ1n) is 8.02. The van der Waals surface area contributed by atoms with Crippen LogP contribution in [-0.2, 0) is 11.3 Å². The SMILES string of the molecule is CCN1CCN(Cc2csc(-c3cccs3)n2)CC1.O=C(O)C(F)(F)F. The molecule has 26 heavy (non-hydrogen) atoms. The molecule has 2 aromatic heterocycles. The lowest BCUT2D eigenvalue weighted by Gasteiger charge is -2.33. The molecule has 0 atom stereocenters. The molecule has 1 N–H and O–H groups in total. The van der Waals surface area contributed by atoms with Gasteiger partial charge in [-0.3, -0.25) is 4.90 Å². The Labute approximate surface area is 157 Å². The van der Waals surface area contributed by atoms with Crippen molar-refractivity contribution in [2.75, 3.05) is 32.7 Å². The van der Waals surface area contributed by atoms with E-state index in [4.69, 9.17) is 14.9 Å². The number of piperazine rings is 1. The normalized spacial score (nSPS) is 16.2. The number of carboxylic acid groups (broad SMARTS) is 1. The van der Waals surface area contributed by atoms with Crippen molar-refractivity contribution in [3.05, 3.63) is 28.6 Å². The molecule has 2 aromatic rings. The molecule has 0 aliphatic carbocycles. The zero-order valence-electron chi connectivity index (χ0n) is 14.2. The molecule has 0 spiro atoms. The summed E-state index contributed by atoms with van der Waals surface area (Å²) in [5, 5.41) is 12.6. The summed E-state index contributed by atoms with van der Waals surface area (Å²) in [6.45, 7) is 9.13. The van der Waals surface area contributed by atoms with Gasteiger partial charge in [0, 0.05) is 38.1 Å². The Balaban J connectivity index is 0.000000298.